The molecule has 1 heterocycles. The number of carbonyl (C=O) groups is 2. The number of benzene rings is 2. The van der Waals surface area contributed by atoms with E-state index in [2.05, 4.69) is 5.32 Å². The number of amides is 2. The molecule has 1 saturated heterocycles. The van der Waals surface area contributed by atoms with Crippen molar-refractivity contribution in [1.82, 2.24) is 15.1 Å². The van der Waals surface area contributed by atoms with Gasteiger partial charge >= 0.3 is 12.3 Å². The predicted octanol–water partition coefficient (Wildman–Crippen LogP) is 4.87. The Bertz CT molecular complexity index is 1410. The summed E-state index contributed by atoms with van der Waals surface area (Å²) in [6.07, 6.45) is -5.34. The van der Waals surface area contributed by atoms with Gasteiger partial charge in [-0.05, 0) is 57.5 Å². The highest BCUT2D eigenvalue weighted by atomic mass is 35.5. The SMILES string of the molecule is CC[SH+](=O)c1ccc(C#N)cc1CNC(=O)c1cc(C(F)(F)F)c(CN2CCN(C(=O)OC(C)(C)C)CC2)c(Cl)c1N. The second-order valence-electron chi connectivity index (χ2n) is 10.8. The minimum atomic E-state index is -4.84. The molecule has 3 N–H and O–H groups in total. The summed E-state index contributed by atoms with van der Waals surface area (Å²) in [7, 11) is -1.79. The molecule has 14 heteroatoms. The van der Waals surface area contributed by atoms with Gasteiger partial charge in [0.1, 0.15) is 22.2 Å². The average Bonchev–Trinajstić information content (AvgIpc) is 2.92. The minimum Gasteiger partial charge on any atom is -0.444 e. The van der Waals surface area contributed by atoms with Crippen LogP contribution in [0.25, 0.3) is 0 Å². The Morgan fingerprint density at radius 3 is 2.36 bits per heavy atom. The summed E-state index contributed by atoms with van der Waals surface area (Å²) < 4.78 is 60.5. The number of piperazine rings is 1. The molecule has 1 fully saturated rings. The molecule has 0 spiro atoms. The Morgan fingerprint density at radius 2 is 1.81 bits per heavy atom. The lowest BCUT2D eigenvalue weighted by Crippen LogP contribution is -2.49. The molecular formula is C28H34ClF3N5O4S+. The quantitative estimate of drug-likeness (QED) is 0.254. The fourth-order valence-corrected chi connectivity index (χ4v) is 5.73. The third kappa shape index (κ3) is 8.14. The fraction of sp³-hybridized carbons (Fsp3) is 0.464. The van der Waals surface area contributed by atoms with Gasteiger partial charge in [0.15, 0.2) is 4.90 Å². The van der Waals surface area contributed by atoms with Crippen molar-refractivity contribution in [1.29, 1.82) is 5.26 Å². The number of thiol groups is 1. The van der Waals surface area contributed by atoms with E-state index in [9.17, 15) is 32.2 Å². The molecular weight excluding hydrogens is 595 g/mol. The summed E-state index contributed by atoms with van der Waals surface area (Å²) in [5.41, 5.74) is 3.98. The second-order valence-corrected chi connectivity index (χ2v) is 13.0. The van der Waals surface area contributed by atoms with Gasteiger partial charge in [-0.15, -0.1) is 4.21 Å². The number of ether oxygens (including phenoxy) is 1. The molecule has 2 amide bonds. The summed E-state index contributed by atoms with van der Waals surface area (Å²) in [5, 5.41) is 11.4. The average molecular weight is 629 g/mol. The predicted molar refractivity (Wildman–Crippen MR) is 155 cm³/mol. The molecule has 1 aliphatic rings. The minimum absolute atomic E-state index is 0.188. The lowest BCUT2D eigenvalue weighted by atomic mass is 9.99. The normalized spacial score (nSPS) is 15.2. The van der Waals surface area contributed by atoms with Gasteiger partial charge in [0.05, 0.1) is 33.5 Å². The molecule has 0 bridgehead atoms. The molecule has 0 aliphatic carbocycles. The van der Waals surface area contributed by atoms with E-state index in [4.69, 9.17) is 22.1 Å². The number of hydrogen-bond acceptors (Lipinski definition) is 7. The number of alkyl halides is 3. The first-order valence-corrected chi connectivity index (χ1v) is 15.0. The van der Waals surface area contributed by atoms with Crippen molar-refractivity contribution < 1.29 is 31.7 Å². The number of nitrogens with one attached hydrogen (secondary N) is 1. The smallest absolute Gasteiger partial charge is 0.416 e. The summed E-state index contributed by atoms with van der Waals surface area (Å²) in [6.45, 7) is 7.63. The number of nitriles is 1. The highest BCUT2D eigenvalue weighted by Crippen LogP contribution is 2.40. The third-order valence-electron chi connectivity index (χ3n) is 6.57. The molecule has 1 atom stereocenters. The molecule has 9 nitrogen and oxygen atoms in total. The van der Waals surface area contributed by atoms with Crippen molar-refractivity contribution in [2.75, 3.05) is 37.7 Å². The lowest BCUT2D eigenvalue weighted by Gasteiger charge is -2.36. The van der Waals surface area contributed by atoms with Crippen LogP contribution in [0.3, 0.4) is 0 Å². The van der Waals surface area contributed by atoms with E-state index in [1.54, 1.807) is 32.6 Å². The summed E-state index contributed by atoms with van der Waals surface area (Å²) in [4.78, 5) is 29.0. The van der Waals surface area contributed by atoms with Gasteiger partial charge in [-0.25, -0.2) is 4.79 Å². The number of nitrogen functional groups attached to an aromatic ring is 1. The molecule has 1 aliphatic heterocycles. The number of anilines is 1. The molecule has 2 aromatic carbocycles. The fourth-order valence-electron chi connectivity index (χ4n) is 4.42. The molecule has 0 radical (unpaired) electrons. The van der Waals surface area contributed by atoms with Crippen molar-refractivity contribution in [3.05, 3.63) is 57.1 Å². The van der Waals surface area contributed by atoms with E-state index in [1.807, 2.05) is 6.07 Å². The van der Waals surface area contributed by atoms with E-state index in [1.165, 1.54) is 23.1 Å². The van der Waals surface area contributed by atoms with Crippen molar-refractivity contribution >= 4 is 40.1 Å². The summed E-state index contributed by atoms with van der Waals surface area (Å²) >= 11 is 6.38. The van der Waals surface area contributed by atoms with Gasteiger partial charge in [0.25, 0.3) is 5.91 Å². The molecule has 3 rings (SSSR count). The zero-order valence-electron chi connectivity index (χ0n) is 23.8. The maximum Gasteiger partial charge on any atom is 0.416 e. The Kier molecular flexibility index (Phi) is 10.5. The van der Waals surface area contributed by atoms with Crippen LogP contribution >= 0.6 is 11.6 Å². The van der Waals surface area contributed by atoms with Gasteiger partial charge in [-0.3, -0.25) is 9.69 Å². The van der Waals surface area contributed by atoms with E-state index in [-0.39, 0.29) is 61.1 Å². The molecule has 2 aromatic rings. The zero-order chi connectivity index (χ0) is 31.4. The highest BCUT2D eigenvalue weighted by molar-refractivity contribution is 7.85. The van der Waals surface area contributed by atoms with Crippen LogP contribution in [0.1, 0.15) is 60.3 Å². The molecule has 0 saturated carbocycles. The maximum atomic E-state index is 14.2. The van der Waals surface area contributed by atoms with Crippen molar-refractivity contribution in [3.63, 3.8) is 0 Å². The van der Waals surface area contributed by atoms with Gasteiger partial charge in [0.2, 0.25) is 0 Å². The maximum absolute atomic E-state index is 14.2. The first kappa shape index (κ1) is 33.2. The van der Waals surface area contributed by atoms with Crippen molar-refractivity contribution in [3.8, 4) is 6.07 Å². The largest absolute Gasteiger partial charge is 0.444 e. The van der Waals surface area contributed by atoms with E-state index in [0.717, 1.165) is 0 Å². The first-order valence-electron chi connectivity index (χ1n) is 13.2. The van der Waals surface area contributed by atoms with Gasteiger partial charge in [-0.1, -0.05) is 11.6 Å². The third-order valence-corrected chi connectivity index (χ3v) is 8.54. The molecule has 42 heavy (non-hydrogen) atoms. The number of rotatable bonds is 7. The molecule has 0 aromatic heterocycles. The molecule has 1 unspecified atom stereocenters. The van der Waals surface area contributed by atoms with E-state index < -0.39 is 45.7 Å². The van der Waals surface area contributed by atoms with Crippen LogP contribution in [-0.4, -0.2) is 59.3 Å². The summed E-state index contributed by atoms with van der Waals surface area (Å²) in [6, 6.07) is 7.17. The van der Waals surface area contributed by atoms with Gasteiger partial charge < -0.3 is 20.7 Å². The zero-order valence-corrected chi connectivity index (χ0v) is 25.4. The monoisotopic (exact) mass is 628 g/mol. The summed E-state index contributed by atoms with van der Waals surface area (Å²) in [5.74, 6) is -0.575. The highest BCUT2D eigenvalue weighted by Gasteiger charge is 2.37. The second kappa shape index (κ2) is 13.3. The number of halogens is 4. The van der Waals surface area contributed by atoms with Crippen LogP contribution < -0.4 is 11.1 Å². The van der Waals surface area contributed by atoms with Gasteiger partial charge in [0, 0.05) is 44.8 Å². The first-order chi connectivity index (χ1) is 19.6. The van der Waals surface area contributed by atoms with Gasteiger partial charge in [-0.2, -0.15) is 18.4 Å². The Hall–Kier alpha value is -3.34. The van der Waals surface area contributed by atoms with Crippen molar-refractivity contribution in [2.45, 2.75) is 57.5 Å². The number of nitrogens with zero attached hydrogens (tertiary/aromatic N) is 3. The Balaban J connectivity index is 1.83. The van der Waals surface area contributed by atoms with Crippen LogP contribution in [0.15, 0.2) is 29.2 Å². The number of nitrogens with two attached hydrogens (primary N) is 1. The van der Waals surface area contributed by atoms with Crippen LogP contribution in [0.2, 0.25) is 5.02 Å². The van der Waals surface area contributed by atoms with Crippen LogP contribution in [0, 0.1) is 11.3 Å². The van der Waals surface area contributed by atoms with Crippen LogP contribution in [-0.2, 0) is 39.0 Å². The molecule has 228 valence electrons. The lowest BCUT2D eigenvalue weighted by molar-refractivity contribution is -0.138. The van der Waals surface area contributed by atoms with Crippen LogP contribution in [0.4, 0.5) is 23.7 Å². The Labute approximate surface area is 250 Å². The van der Waals surface area contributed by atoms with E-state index in [0.29, 0.717) is 22.3 Å². The van der Waals surface area contributed by atoms with Crippen molar-refractivity contribution in [2.24, 2.45) is 0 Å². The number of hydrogen-bond donors (Lipinski definition) is 2. The number of carbonyl (C=O) groups excluding carboxylic acids is 2. The van der Waals surface area contributed by atoms with E-state index >= 15 is 0 Å². The Morgan fingerprint density at radius 1 is 1.17 bits per heavy atom. The topological polar surface area (TPSA) is 129 Å². The standard InChI is InChI=1S/C28H33ClF3N5O4S/c1-5-42(40)22-7-6-17(14-33)12-18(22)15-35-25(38)19-13-21(28(30,31)32)20(23(29)24(19)34)16-36-8-10-37(11-9-36)26(39)41-27(2,3)4/h6-7,12-13H,5,8-11,15-16,34H2,1-4H3,(H,35,38)/p+1. The van der Waals surface area contributed by atoms with Crippen LogP contribution in [0.5, 0.6) is 0 Å².